The molecule has 0 bridgehead atoms. The molecule has 1 fully saturated rings. The normalized spacial score (nSPS) is 20.4. The summed E-state index contributed by atoms with van der Waals surface area (Å²) in [5.41, 5.74) is 6.64. The Balaban J connectivity index is 1.74. The monoisotopic (exact) mass is 347 g/mol. The third-order valence-corrected chi connectivity index (χ3v) is 4.56. The molecule has 1 aromatic carbocycles. The fourth-order valence-corrected chi connectivity index (χ4v) is 3.28. The highest BCUT2D eigenvalue weighted by Gasteiger charge is 2.35. The summed E-state index contributed by atoms with van der Waals surface area (Å²) in [6.45, 7) is 1.94. The largest absolute Gasteiger partial charge is 0.489 e. The van der Waals surface area contributed by atoms with Gasteiger partial charge >= 0.3 is 5.97 Å². The highest BCUT2D eigenvalue weighted by molar-refractivity contribution is 6.01. The van der Waals surface area contributed by atoms with Crippen LogP contribution in [-0.4, -0.2) is 53.0 Å². The molecule has 1 saturated heterocycles. The number of hydrogen-bond donors (Lipinski definition) is 3. The molecule has 8 nitrogen and oxygen atoms in total. The number of benzene rings is 1. The van der Waals surface area contributed by atoms with Crippen molar-refractivity contribution in [1.29, 1.82) is 0 Å². The quantitative estimate of drug-likeness (QED) is 0.643. The molecule has 1 aromatic rings. The van der Waals surface area contributed by atoms with E-state index in [0.29, 0.717) is 11.3 Å². The number of amides is 2. The minimum absolute atomic E-state index is 0.00148. The predicted octanol–water partition coefficient (Wildman–Crippen LogP) is 0.102. The first-order valence-corrected chi connectivity index (χ1v) is 8.28. The number of rotatable bonds is 7. The zero-order chi connectivity index (χ0) is 18.0. The molecule has 2 atom stereocenters. The number of nitrogens with zero attached hydrogens (tertiary/aromatic N) is 1. The second-order valence-corrected chi connectivity index (χ2v) is 6.34. The second-order valence-electron chi connectivity index (χ2n) is 6.34. The second kappa shape index (κ2) is 7.10. The number of nitrogens with two attached hydrogens (primary N) is 1. The summed E-state index contributed by atoms with van der Waals surface area (Å²) in [4.78, 5) is 36.4. The van der Waals surface area contributed by atoms with E-state index in [0.717, 1.165) is 25.1 Å². The van der Waals surface area contributed by atoms with Crippen LogP contribution in [-0.2, 0) is 16.1 Å². The SMILES string of the molecule is NC(=O)[C@H](CCC(=O)O)N1Cc2cc(O[C@H]3CCNC3)ccc2C1=O. The van der Waals surface area contributed by atoms with E-state index < -0.39 is 17.9 Å². The summed E-state index contributed by atoms with van der Waals surface area (Å²) in [6, 6.07) is 4.31. The van der Waals surface area contributed by atoms with Crippen molar-refractivity contribution < 1.29 is 24.2 Å². The summed E-state index contributed by atoms with van der Waals surface area (Å²) in [5.74, 6) is -1.35. The van der Waals surface area contributed by atoms with E-state index in [1.165, 1.54) is 4.90 Å². The number of carboxylic acids is 1. The molecule has 2 heterocycles. The van der Waals surface area contributed by atoms with Gasteiger partial charge in [0.05, 0.1) is 0 Å². The number of carboxylic acid groups (broad SMARTS) is 1. The van der Waals surface area contributed by atoms with Gasteiger partial charge in [-0.1, -0.05) is 0 Å². The third kappa shape index (κ3) is 3.74. The van der Waals surface area contributed by atoms with Crippen LogP contribution in [0.5, 0.6) is 5.75 Å². The van der Waals surface area contributed by atoms with Crippen molar-refractivity contribution in [3.8, 4) is 5.75 Å². The minimum Gasteiger partial charge on any atom is -0.489 e. The summed E-state index contributed by atoms with van der Waals surface area (Å²) >= 11 is 0. The molecule has 0 aromatic heterocycles. The lowest BCUT2D eigenvalue weighted by Gasteiger charge is -2.24. The number of carbonyl (C=O) groups is 3. The number of aliphatic carboxylic acids is 1. The standard InChI is InChI=1S/C17H21N3O5/c18-16(23)14(3-4-15(21)22)20-9-10-7-11(1-2-13(10)17(20)24)25-12-5-6-19-8-12/h1-2,7,12,14,19H,3-6,8-9H2,(H2,18,23)(H,21,22)/t12-,14-/m0/s1. The molecule has 2 amide bonds. The number of primary amides is 1. The van der Waals surface area contributed by atoms with Gasteiger partial charge in [-0.2, -0.15) is 0 Å². The lowest BCUT2D eigenvalue weighted by molar-refractivity contribution is -0.137. The van der Waals surface area contributed by atoms with Crippen molar-refractivity contribution >= 4 is 17.8 Å². The molecule has 0 saturated carbocycles. The topological polar surface area (TPSA) is 122 Å². The minimum atomic E-state index is -1.03. The van der Waals surface area contributed by atoms with Crippen LogP contribution in [0.25, 0.3) is 0 Å². The molecule has 2 aliphatic heterocycles. The van der Waals surface area contributed by atoms with E-state index in [2.05, 4.69) is 5.32 Å². The number of fused-ring (bicyclic) bond motifs is 1. The van der Waals surface area contributed by atoms with E-state index in [4.69, 9.17) is 15.6 Å². The van der Waals surface area contributed by atoms with Crippen molar-refractivity contribution in [1.82, 2.24) is 10.2 Å². The Morgan fingerprint density at radius 2 is 2.24 bits per heavy atom. The molecule has 134 valence electrons. The first kappa shape index (κ1) is 17.2. The van der Waals surface area contributed by atoms with Gasteiger partial charge in [-0.05, 0) is 43.1 Å². The molecule has 0 spiro atoms. The Morgan fingerprint density at radius 3 is 2.88 bits per heavy atom. The van der Waals surface area contributed by atoms with Gasteiger partial charge in [0.15, 0.2) is 0 Å². The Labute approximate surface area is 144 Å². The molecule has 3 rings (SSSR count). The van der Waals surface area contributed by atoms with Crippen LogP contribution < -0.4 is 15.8 Å². The predicted molar refractivity (Wildman–Crippen MR) is 88.1 cm³/mol. The Hall–Kier alpha value is -2.61. The van der Waals surface area contributed by atoms with E-state index in [9.17, 15) is 14.4 Å². The maximum Gasteiger partial charge on any atom is 0.303 e. The lowest BCUT2D eigenvalue weighted by Crippen LogP contribution is -2.45. The molecule has 25 heavy (non-hydrogen) atoms. The Morgan fingerprint density at radius 1 is 1.44 bits per heavy atom. The van der Waals surface area contributed by atoms with Crippen LogP contribution >= 0.6 is 0 Å². The fourth-order valence-electron chi connectivity index (χ4n) is 3.28. The Kier molecular flexibility index (Phi) is 4.89. The van der Waals surface area contributed by atoms with Crippen molar-refractivity contribution in [2.45, 2.75) is 38.0 Å². The van der Waals surface area contributed by atoms with Crippen LogP contribution in [0.2, 0.25) is 0 Å². The van der Waals surface area contributed by atoms with Crippen LogP contribution in [0, 0.1) is 0 Å². The molecule has 2 aliphatic rings. The Bertz CT molecular complexity index is 700. The van der Waals surface area contributed by atoms with Gasteiger partial charge in [0.1, 0.15) is 17.9 Å². The van der Waals surface area contributed by atoms with Gasteiger partial charge < -0.3 is 25.8 Å². The maximum atomic E-state index is 12.6. The molecule has 4 N–H and O–H groups in total. The average Bonchev–Trinajstić information content (AvgIpc) is 3.16. The number of nitrogens with one attached hydrogen (secondary N) is 1. The number of carbonyl (C=O) groups excluding carboxylic acids is 2. The van der Waals surface area contributed by atoms with Gasteiger partial charge in [0.2, 0.25) is 5.91 Å². The highest BCUT2D eigenvalue weighted by atomic mass is 16.5. The zero-order valence-corrected chi connectivity index (χ0v) is 13.7. The number of ether oxygens (including phenoxy) is 1. The first-order chi connectivity index (χ1) is 12.0. The molecule has 0 unspecified atom stereocenters. The number of hydrogen-bond acceptors (Lipinski definition) is 5. The van der Waals surface area contributed by atoms with Gasteiger partial charge in [0.25, 0.3) is 5.91 Å². The smallest absolute Gasteiger partial charge is 0.303 e. The van der Waals surface area contributed by atoms with E-state index >= 15 is 0 Å². The van der Waals surface area contributed by atoms with Crippen molar-refractivity contribution in [2.24, 2.45) is 5.73 Å². The molecule has 8 heteroatoms. The van der Waals surface area contributed by atoms with Gasteiger partial charge in [-0.25, -0.2) is 0 Å². The van der Waals surface area contributed by atoms with Crippen LogP contribution in [0.1, 0.15) is 35.2 Å². The molecular weight excluding hydrogens is 326 g/mol. The molecular formula is C17H21N3O5. The van der Waals surface area contributed by atoms with Crippen LogP contribution in [0.4, 0.5) is 0 Å². The highest BCUT2D eigenvalue weighted by Crippen LogP contribution is 2.30. The molecule has 0 radical (unpaired) electrons. The van der Waals surface area contributed by atoms with E-state index in [1.54, 1.807) is 18.2 Å². The lowest BCUT2D eigenvalue weighted by atomic mass is 10.1. The third-order valence-electron chi connectivity index (χ3n) is 4.56. The summed E-state index contributed by atoms with van der Waals surface area (Å²) < 4.78 is 5.90. The molecule has 0 aliphatic carbocycles. The van der Waals surface area contributed by atoms with Gasteiger partial charge in [-0.3, -0.25) is 14.4 Å². The zero-order valence-electron chi connectivity index (χ0n) is 13.7. The average molecular weight is 347 g/mol. The van der Waals surface area contributed by atoms with Crippen molar-refractivity contribution in [3.05, 3.63) is 29.3 Å². The van der Waals surface area contributed by atoms with Crippen LogP contribution in [0.3, 0.4) is 0 Å². The van der Waals surface area contributed by atoms with E-state index in [1.807, 2.05) is 0 Å². The van der Waals surface area contributed by atoms with E-state index in [-0.39, 0.29) is 31.4 Å². The maximum absolute atomic E-state index is 12.6. The summed E-state index contributed by atoms with van der Waals surface area (Å²) in [5, 5.41) is 12.0. The summed E-state index contributed by atoms with van der Waals surface area (Å²) in [7, 11) is 0. The van der Waals surface area contributed by atoms with Gasteiger partial charge in [0, 0.05) is 25.1 Å². The van der Waals surface area contributed by atoms with Gasteiger partial charge in [-0.15, -0.1) is 0 Å². The first-order valence-electron chi connectivity index (χ1n) is 8.28. The van der Waals surface area contributed by atoms with Crippen LogP contribution in [0.15, 0.2) is 18.2 Å². The fraction of sp³-hybridized carbons (Fsp3) is 0.471. The van der Waals surface area contributed by atoms with Crippen molar-refractivity contribution in [3.63, 3.8) is 0 Å². The van der Waals surface area contributed by atoms with Crippen molar-refractivity contribution in [2.75, 3.05) is 13.1 Å². The summed E-state index contributed by atoms with van der Waals surface area (Å²) in [6.07, 6.45) is 0.819.